The van der Waals surface area contributed by atoms with E-state index >= 15 is 0 Å². The van der Waals surface area contributed by atoms with Crippen LogP contribution in [-0.4, -0.2) is 17.9 Å². The highest BCUT2D eigenvalue weighted by atomic mass is 35.5. The van der Waals surface area contributed by atoms with Crippen LogP contribution in [0.5, 0.6) is 0 Å². The number of rotatable bonds is 9. The maximum atomic E-state index is 12.1. The molecule has 2 aromatic carbocycles. The van der Waals surface area contributed by atoms with Crippen LogP contribution in [0.4, 0.5) is 15.3 Å². The third-order valence-corrected chi connectivity index (χ3v) is 4.37. The number of anilines is 1. The second kappa shape index (κ2) is 13.2. The zero-order chi connectivity index (χ0) is 22.5. The van der Waals surface area contributed by atoms with Crippen LogP contribution in [0, 0.1) is 0 Å². The lowest BCUT2D eigenvalue weighted by Gasteiger charge is -2.10. The van der Waals surface area contributed by atoms with Crippen LogP contribution in [0.15, 0.2) is 85.1 Å². The molecule has 0 saturated heterocycles. The fourth-order valence-electron chi connectivity index (χ4n) is 2.51. The normalized spacial score (nSPS) is 11.1. The highest BCUT2D eigenvalue weighted by Gasteiger charge is 2.05. The van der Waals surface area contributed by atoms with Gasteiger partial charge in [0.25, 0.3) is 0 Å². The monoisotopic (exact) mass is 458 g/mol. The molecule has 0 radical (unpaired) electrons. The molecule has 4 amide bonds. The summed E-state index contributed by atoms with van der Waals surface area (Å²) in [6.07, 6.45) is 6.73. The third kappa shape index (κ3) is 9.42. The number of halogens is 2. The van der Waals surface area contributed by atoms with Gasteiger partial charge in [-0.3, -0.25) is 0 Å². The molecular formula is C23H24Cl2N4O2. The van der Waals surface area contributed by atoms with E-state index in [1.807, 2.05) is 24.3 Å². The highest BCUT2D eigenvalue weighted by Crippen LogP contribution is 2.14. The van der Waals surface area contributed by atoms with Crippen molar-refractivity contribution in [3.05, 3.63) is 101 Å². The molecule has 8 heteroatoms. The predicted octanol–water partition coefficient (Wildman–Crippen LogP) is 5.33. The van der Waals surface area contributed by atoms with Crippen molar-refractivity contribution in [1.82, 2.24) is 16.0 Å². The second-order valence-corrected chi connectivity index (χ2v) is 7.10. The number of amides is 4. The van der Waals surface area contributed by atoms with Gasteiger partial charge >= 0.3 is 12.1 Å². The molecule has 0 heterocycles. The molecule has 0 aliphatic heterocycles. The molecule has 0 bridgehead atoms. The number of carbonyl (C=O) groups excluding carboxylic acids is 2. The van der Waals surface area contributed by atoms with Crippen LogP contribution in [0.1, 0.15) is 11.1 Å². The van der Waals surface area contributed by atoms with E-state index in [-0.39, 0.29) is 12.1 Å². The minimum atomic E-state index is -0.352. The molecule has 0 unspecified atom stereocenters. The van der Waals surface area contributed by atoms with Crippen LogP contribution in [0.3, 0.4) is 0 Å². The quantitative estimate of drug-likeness (QED) is 0.302. The fourth-order valence-corrected chi connectivity index (χ4v) is 2.81. The average Bonchev–Trinajstić information content (AvgIpc) is 2.76. The first-order valence-corrected chi connectivity index (χ1v) is 10.4. The van der Waals surface area contributed by atoms with Crippen LogP contribution < -0.4 is 21.3 Å². The maximum absolute atomic E-state index is 12.1. The fraction of sp³-hybridized carbons (Fsp3) is 0.130. The number of urea groups is 2. The van der Waals surface area contributed by atoms with E-state index in [1.54, 1.807) is 48.6 Å². The molecular weight excluding hydrogens is 435 g/mol. The standard InChI is InChI=1S/C23H24Cl2N4O2/c1-2-20(10-3-4-12-24)28-22(30)26-15-17-7-5-8-18(13-17)16-27-23(31)29-21-11-6-9-19(25)14-21/h2-11,13-14H,1,12,15-16H2,(H2,26,28,30)(H2,27,29,31)/b4-3-,20-10+. The van der Waals surface area contributed by atoms with Gasteiger partial charge in [-0.1, -0.05) is 60.7 Å². The van der Waals surface area contributed by atoms with Gasteiger partial charge in [0.05, 0.1) is 0 Å². The first-order valence-electron chi connectivity index (χ1n) is 9.48. The SMILES string of the molecule is C=C/C(=C\C=C/CCl)NC(=O)NCc1cccc(CNC(=O)Nc2cccc(Cl)c2)c1. The van der Waals surface area contributed by atoms with Gasteiger partial charge in [0.15, 0.2) is 0 Å². The number of carbonyl (C=O) groups is 2. The van der Waals surface area contributed by atoms with Gasteiger partial charge in [0, 0.05) is 35.4 Å². The smallest absolute Gasteiger partial charge is 0.319 e. The van der Waals surface area contributed by atoms with Crippen molar-refractivity contribution < 1.29 is 9.59 Å². The van der Waals surface area contributed by atoms with Gasteiger partial charge in [0.2, 0.25) is 0 Å². The predicted molar refractivity (Wildman–Crippen MR) is 127 cm³/mol. The van der Waals surface area contributed by atoms with Gasteiger partial charge in [0.1, 0.15) is 0 Å². The number of nitrogens with one attached hydrogen (secondary N) is 4. The topological polar surface area (TPSA) is 82.3 Å². The first-order chi connectivity index (χ1) is 15.0. The first kappa shape index (κ1) is 24.1. The van der Waals surface area contributed by atoms with E-state index in [4.69, 9.17) is 23.2 Å². The van der Waals surface area contributed by atoms with E-state index < -0.39 is 0 Å². The summed E-state index contributed by atoms with van der Waals surface area (Å²) in [6.45, 7) is 4.33. The lowest BCUT2D eigenvalue weighted by Crippen LogP contribution is -2.34. The lowest BCUT2D eigenvalue weighted by atomic mass is 10.1. The molecule has 162 valence electrons. The van der Waals surface area contributed by atoms with Crippen molar-refractivity contribution in [3.8, 4) is 0 Å². The van der Waals surface area contributed by atoms with E-state index in [0.717, 1.165) is 11.1 Å². The zero-order valence-corrected chi connectivity index (χ0v) is 18.3. The number of hydrogen-bond donors (Lipinski definition) is 4. The maximum Gasteiger partial charge on any atom is 0.319 e. The van der Waals surface area contributed by atoms with Crippen molar-refractivity contribution in [2.45, 2.75) is 13.1 Å². The molecule has 2 rings (SSSR count). The molecule has 6 nitrogen and oxygen atoms in total. The van der Waals surface area contributed by atoms with Gasteiger partial charge in [-0.15, -0.1) is 11.6 Å². The van der Waals surface area contributed by atoms with Crippen molar-refractivity contribution in [3.63, 3.8) is 0 Å². The van der Waals surface area contributed by atoms with Crippen molar-refractivity contribution >= 4 is 41.0 Å². The van der Waals surface area contributed by atoms with Crippen molar-refractivity contribution in [1.29, 1.82) is 0 Å². The summed E-state index contributed by atoms with van der Waals surface area (Å²) in [6, 6.07) is 13.8. The summed E-state index contributed by atoms with van der Waals surface area (Å²) in [7, 11) is 0. The zero-order valence-electron chi connectivity index (χ0n) is 16.8. The van der Waals surface area contributed by atoms with Crippen LogP contribution in [0.2, 0.25) is 5.02 Å². The van der Waals surface area contributed by atoms with Gasteiger partial charge in [-0.05, 0) is 41.5 Å². The Morgan fingerprint density at radius 3 is 2.29 bits per heavy atom. The van der Waals surface area contributed by atoms with Gasteiger partial charge < -0.3 is 21.3 Å². The number of allylic oxidation sites excluding steroid dienone is 4. The molecule has 0 saturated carbocycles. The minimum Gasteiger partial charge on any atom is -0.334 e. The largest absolute Gasteiger partial charge is 0.334 e. The van der Waals surface area contributed by atoms with Gasteiger partial charge in [-0.2, -0.15) is 0 Å². The van der Waals surface area contributed by atoms with E-state index in [9.17, 15) is 9.59 Å². The molecule has 0 aliphatic rings. The van der Waals surface area contributed by atoms with E-state index in [0.29, 0.717) is 35.4 Å². The Labute approximate surface area is 192 Å². The Hall–Kier alpha value is -3.22. The van der Waals surface area contributed by atoms with Crippen LogP contribution >= 0.6 is 23.2 Å². The molecule has 0 atom stereocenters. The Balaban J connectivity index is 1.82. The minimum absolute atomic E-state index is 0.330. The third-order valence-electron chi connectivity index (χ3n) is 3.96. The molecule has 4 N–H and O–H groups in total. The van der Waals surface area contributed by atoms with Crippen molar-refractivity contribution in [2.75, 3.05) is 11.2 Å². The van der Waals surface area contributed by atoms with Gasteiger partial charge in [-0.25, -0.2) is 9.59 Å². The molecule has 0 aromatic heterocycles. The molecule has 31 heavy (non-hydrogen) atoms. The van der Waals surface area contributed by atoms with E-state index in [2.05, 4.69) is 27.8 Å². The second-order valence-electron chi connectivity index (χ2n) is 6.35. The summed E-state index contributed by atoms with van der Waals surface area (Å²) in [5.74, 6) is 0.389. The summed E-state index contributed by atoms with van der Waals surface area (Å²) in [4.78, 5) is 24.1. The Bertz CT molecular complexity index is 974. The van der Waals surface area contributed by atoms with Crippen molar-refractivity contribution in [2.24, 2.45) is 0 Å². The summed E-state index contributed by atoms with van der Waals surface area (Å²) >= 11 is 11.5. The van der Waals surface area contributed by atoms with Crippen LogP contribution in [-0.2, 0) is 13.1 Å². The Kier molecular flexibility index (Phi) is 10.2. The highest BCUT2D eigenvalue weighted by molar-refractivity contribution is 6.30. The van der Waals surface area contributed by atoms with Crippen LogP contribution in [0.25, 0.3) is 0 Å². The molecule has 0 spiro atoms. The molecule has 0 aliphatic carbocycles. The number of hydrogen-bond acceptors (Lipinski definition) is 2. The lowest BCUT2D eigenvalue weighted by molar-refractivity contribution is 0.243. The Morgan fingerprint density at radius 2 is 1.65 bits per heavy atom. The number of benzene rings is 2. The summed E-state index contributed by atoms with van der Waals surface area (Å²) in [5.41, 5.74) is 2.97. The summed E-state index contributed by atoms with van der Waals surface area (Å²) < 4.78 is 0. The average molecular weight is 459 g/mol. The summed E-state index contributed by atoms with van der Waals surface area (Å²) in [5, 5.41) is 11.5. The Morgan fingerprint density at radius 1 is 0.968 bits per heavy atom. The number of alkyl halides is 1. The molecule has 2 aromatic rings. The molecule has 0 fully saturated rings. The van der Waals surface area contributed by atoms with E-state index in [1.165, 1.54) is 0 Å².